The Kier molecular flexibility index (Phi) is 5.12. The summed E-state index contributed by atoms with van der Waals surface area (Å²) in [5.74, 6) is -0.300. The number of piperidine rings is 1. The van der Waals surface area contributed by atoms with Crippen molar-refractivity contribution >= 4 is 17.6 Å². The molecule has 2 aliphatic rings. The van der Waals surface area contributed by atoms with Crippen molar-refractivity contribution in [2.75, 3.05) is 38.1 Å². The topological polar surface area (TPSA) is 61.7 Å². The van der Waals surface area contributed by atoms with Crippen LogP contribution in [0.5, 0.6) is 0 Å². The van der Waals surface area contributed by atoms with E-state index in [2.05, 4.69) is 10.00 Å². The molecule has 0 bridgehead atoms. The van der Waals surface area contributed by atoms with Gasteiger partial charge >= 0.3 is 6.03 Å². The summed E-state index contributed by atoms with van der Waals surface area (Å²) in [6, 6.07) is 6.61. The van der Waals surface area contributed by atoms with E-state index in [9.17, 15) is 14.0 Å². The summed E-state index contributed by atoms with van der Waals surface area (Å²) in [7, 11) is 1.66. The van der Waals surface area contributed by atoms with Gasteiger partial charge in [0.25, 0.3) is 0 Å². The van der Waals surface area contributed by atoms with Crippen molar-refractivity contribution in [3.05, 3.63) is 48.0 Å². The average Bonchev–Trinajstić information content (AvgIpc) is 3.16. The van der Waals surface area contributed by atoms with Crippen molar-refractivity contribution < 1.29 is 14.0 Å². The second kappa shape index (κ2) is 7.59. The zero-order valence-electron chi connectivity index (χ0n) is 16.8. The smallest absolute Gasteiger partial charge is 0.323 e. The average molecular weight is 399 g/mol. The molecule has 1 aromatic heterocycles. The molecule has 154 valence electrons. The molecule has 2 amide bonds. The van der Waals surface area contributed by atoms with E-state index >= 15 is 0 Å². The van der Waals surface area contributed by atoms with E-state index < -0.39 is 0 Å². The Morgan fingerprint density at radius 2 is 1.97 bits per heavy atom. The summed E-state index contributed by atoms with van der Waals surface area (Å²) in [5, 5.41) is 4.12. The van der Waals surface area contributed by atoms with E-state index in [0.29, 0.717) is 18.8 Å². The van der Waals surface area contributed by atoms with Gasteiger partial charge in [0, 0.05) is 46.7 Å². The summed E-state index contributed by atoms with van der Waals surface area (Å²) in [5.41, 5.74) is 1.86. The summed E-state index contributed by atoms with van der Waals surface area (Å²) >= 11 is 0. The maximum atomic E-state index is 13.3. The van der Waals surface area contributed by atoms with Crippen molar-refractivity contribution in [3.63, 3.8) is 0 Å². The fraction of sp³-hybridized carbons (Fsp3) is 0.476. The number of nitrogens with zero attached hydrogens (tertiary/aromatic N) is 5. The number of amides is 2. The number of benzene rings is 1. The molecule has 0 unspecified atom stereocenters. The molecule has 0 radical (unpaired) electrons. The summed E-state index contributed by atoms with van der Waals surface area (Å²) in [6.07, 6.45) is 5.04. The lowest BCUT2D eigenvalue weighted by Gasteiger charge is -2.54. The minimum atomic E-state index is -0.194. The molecule has 3 heterocycles. The van der Waals surface area contributed by atoms with Gasteiger partial charge in [0.1, 0.15) is 5.82 Å². The molecule has 0 aliphatic carbocycles. The van der Waals surface area contributed by atoms with E-state index in [1.54, 1.807) is 25.4 Å². The fourth-order valence-electron chi connectivity index (χ4n) is 4.31. The molecule has 8 heteroatoms. The Bertz CT molecular complexity index is 911. The predicted molar refractivity (Wildman–Crippen MR) is 107 cm³/mol. The molecular weight excluding hydrogens is 373 g/mol. The predicted octanol–water partition coefficient (Wildman–Crippen LogP) is 2.57. The molecule has 0 atom stereocenters. The van der Waals surface area contributed by atoms with Crippen LogP contribution in [-0.2, 0) is 11.3 Å². The minimum absolute atomic E-state index is 0.107. The third kappa shape index (κ3) is 4.03. The van der Waals surface area contributed by atoms with Crippen LogP contribution in [0.2, 0.25) is 0 Å². The lowest BCUT2D eigenvalue weighted by Crippen LogP contribution is -2.60. The minimum Gasteiger partial charge on any atom is -0.323 e. The standard InChI is InChI=1S/C21H26FN5O2/c1-16(28)24(2)19-11-23-27(13-19)20(29)26-8-6-21(7-9-26)14-25(15-21)12-17-4-3-5-18(22)10-17/h3-5,10-11,13H,6-9,12,14-15H2,1-2H3. The molecule has 1 aromatic carbocycles. The molecule has 2 aliphatic heterocycles. The lowest BCUT2D eigenvalue weighted by atomic mass is 9.72. The zero-order valence-corrected chi connectivity index (χ0v) is 16.8. The Morgan fingerprint density at radius 1 is 1.24 bits per heavy atom. The zero-order chi connectivity index (χ0) is 20.6. The molecule has 1 spiro atoms. The molecule has 0 saturated carbocycles. The Morgan fingerprint density at radius 3 is 2.62 bits per heavy atom. The first-order valence-electron chi connectivity index (χ1n) is 9.90. The summed E-state index contributed by atoms with van der Waals surface area (Å²) in [4.78, 5) is 29.8. The van der Waals surface area contributed by atoms with E-state index in [-0.39, 0.29) is 23.2 Å². The summed E-state index contributed by atoms with van der Waals surface area (Å²) < 4.78 is 14.7. The SMILES string of the molecule is CC(=O)N(C)c1cnn(C(=O)N2CCC3(CC2)CN(Cc2cccc(F)c2)C3)c1. The number of carbonyl (C=O) groups excluding carboxylic acids is 2. The van der Waals surface area contributed by atoms with E-state index in [4.69, 9.17) is 0 Å². The highest BCUT2D eigenvalue weighted by Crippen LogP contribution is 2.41. The molecule has 4 rings (SSSR count). The summed E-state index contributed by atoms with van der Waals surface area (Å²) in [6.45, 7) is 5.61. The van der Waals surface area contributed by atoms with Gasteiger partial charge in [-0.3, -0.25) is 9.69 Å². The van der Waals surface area contributed by atoms with Gasteiger partial charge in [-0.1, -0.05) is 12.1 Å². The molecule has 2 fully saturated rings. The number of likely N-dealkylation sites (tertiary alicyclic amines) is 2. The number of halogens is 1. The normalized spacial score (nSPS) is 18.5. The van der Waals surface area contributed by atoms with Crippen LogP contribution in [0.15, 0.2) is 36.7 Å². The Labute approximate surface area is 169 Å². The van der Waals surface area contributed by atoms with Gasteiger partial charge in [0.15, 0.2) is 0 Å². The van der Waals surface area contributed by atoms with Crippen LogP contribution in [0, 0.1) is 11.2 Å². The van der Waals surface area contributed by atoms with Crippen molar-refractivity contribution in [2.45, 2.75) is 26.3 Å². The Balaban J connectivity index is 1.29. The fourth-order valence-corrected chi connectivity index (χ4v) is 4.31. The first-order valence-corrected chi connectivity index (χ1v) is 9.90. The van der Waals surface area contributed by atoms with Crippen molar-refractivity contribution in [1.29, 1.82) is 0 Å². The second-order valence-corrected chi connectivity index (χ2v) is 8.27. The third-order valence-corrected chi connectivity index (χ3v) is 6.13. The molecule has 0 N–H and O–H groups in total. The van der Waals surface area contributed by atoms with Gasteiger partial charge in [-0.2, -0.15) is 9.78 Å². The van der Waals surface area contributed by atoms with Crippen LogP contribution >= 0.6 is 0 Å². The van der Waals surface area contributed by atoms with E-state index in [0.717, 1.165) is 38.0 Å². The monoisotopic (exact) mass is 399 g/mol. The van der Waals surface area contributed by atoms with Crippen molar-refractivity contribution in [3.8, 4) is 0 Å². The van der Waals surface area contributed by atoms with Gasteiger partial charge in [-0.25, -0.2) is 9.18 Å². The molecule has 7 nitrogen and oxygen atoms in total. The molecular formula is C21H26FN5O2. The first kappa shape index (κ1) is 19.6. The number of carbonyl (C=O) groups is 2. The van der Waals surface area contributed by atoms with Gasteiger partial charge in [0.2, 0.25) is 5.91 Å². The number of anilines is 1. The highest BCUT2D eigenvalue weighted by atomic mass is 19.1. The van der Waals surface area contributed by atoms with Crippen LogP contribution in [0.3, 0.4) is 0 Å². The maximum absolute atomic E-state index is 13.3. The van der Waals surface area contributed by atoms with Crippen LogP contribution in [0.25, 0.3) is 0 Å². The molecule has 2 aromatic rings. The maximum Gasteiger partial charge on any atom is 0.344 e. The van der Waals surface area contributed by atoms with Crippen LogP contribution < -0.4 is 4.90 Å². The lowest BCUT2D eigenvalue weighted by molar-refractivity contribution is -0.116. The quantitative estimate of drug-likeness (QED) is 0.796. The van der Waals surface area contributed by atoms with Crippen LogP contribution in [0.1, 0.15) is 25.3 Å². The highest BCUT2D eigenvalue weighted by Gasteiger charge is 2.45. The molecule has 29 heavy (non-hydrogen) atoms. The van der Waals surface area contributed by atoms with Gasteiger partial charge < -0.3 is 9.80 Å². The van der Waals surface area contributed by atoms with E-state index in [1.807, 2.05) is 11.0 Å². The third-order valence-electron chi connectivity index (χ3n) is 6.13. The van der Waals surface area contributed by atoms with E-state index in [1.165, 1.54) is 28.8 Å². The van der Waals surface area contributed by atoms with Gasteiger partial charge in [0.05, 0.1) is 18.1 Å². The van der Waals surface area contributed by atoms with Crippen LogP contribution in [0.4, 0.5) is 14.9 Å². The Hall–Kier alpha value is -2.74. The first-order chi connectivity index (χ1) is 13.8. The number of rotatable bonds is 3. The van der Waals surface area contributed by atoms with Crippen molar-refractivity contribution in [1.82, 2.24) is 19.6 Å². The largest absolute Gasteiger partial charge is 0.344 e. The van der Waals surface area contributed by atoms with Gasteiger partial charge in [-0.05, 0) is 36.0 Å². The highest BCUT2D eigenvalue weighted by molar-refractivity contribution is 5.91. The number of hydrogen-bond donors (Lipinski definition) is 0. The van der Waals surface area contributed by atoms with Crippen LogP contribution in [-0.4, -0.2) is 64.7 Å². The second-order valence-electron chi connectivity index (χ2n) is 8.27. The molecule has 2 saturated heterocycles. The number of aromatic nitrogens is 2. The number of hydrogen-bond acceptors (Lipinski definition) is 4. The van der Waals surface area contributed by atoms with Gasteiger partial charge in [-0.15, -0.1) is 0 Å². The van der Waals surface area contributed by atoms with Crippen molar-refractivity contribution in [2.24, 2.45) is 5.41 Å².